The molecule has 0 aliphatic rings. The van der Waals surface area contributed by atoms with Gasteiger partial charge in [-0.05, 0) is 122 Å². The Labute approximate surface area is 233 Å². The number of nitrogens with one attached hydrogen (secondary N) is 2. The van der Waals surface area contributed by atoms with Crippen molar-refractivity contribution < 1.29 is 19.4 Å². The third kappa shape index (κ3) is 7.70. The summed E-state index contributed by atoms with van der Waals surface area (Å²) in [4.78, 5) is 25.7. The van der Waals surface area contributed by atoms with Gasteiger partial charge in [-0.25, -0.2) is 4.79 Å². The Morgan fingerprint density at radius 2 is 1.64 bits per heavy atom. The van der Waals surface area contributed by atoms with Gasteiger partial charge in [-0.15, -0.1) is 0 Å². The third-order valence-corrected chi connectivity index (χ3v) is 7.10. The van der Waals surface area contributed by atoms with Gasteiger partial charge < -0.3 is 20.5 Å². The average molecular weight is 782 g/mol. The Balaban J connectivity index is 1.77. The number of carbonyl (C=O) groups excluding carboxylic acids is 2. The molecule has 0 bridgehead atoms. The van der Waals surface area contributed by atoms with E-state index >= 15 is 0 Å². The zero-order chi connectivity index (χ0) is 24.0. The predicted molar refractivity (Wildman–Crippen MR) is 153 cm³/mol. The topological polar surface area (TPSA) is 87.7 Å². The molecule has 0 aliphatic heterocycles. The minimum atomic E-state index is -0.872. The highest BCUT2D eigenvalue weighted by atomic mass is 127. The molecule has 9 heteroatoms. The van der Waals surface area contributed by atoms with Crippen LogP contribution in [0.3, 0.4) is 0 Å². The molecule has 3 N–H and O–H groups in total. The number of aromatic hydroxyl groups is 1. The molecule has 0 saturated carbocycles. The summed E-state index contributed by atoms with van der Waals surface area (Å²) in [6.45, 7) is 2.02. The number of rotatable bonds is 7. The van der Waals surface area contributed by atoms with E-state index < -0.39 is 12.1 Å². The van der Waals surface area contributed by atoms with Crippen molar-refractivity contribution in [2.24, 2.45) is 0 Å². The van der Waals surface area contributed by atoms with E-state index in [0.717, 1.165) is 20.3 Å². The highest BCUT2D eigenvalue weighted by Gasteiger charge is 2.23. The Kier molecular flexibility index (Phi) is 9.61. The van der Waals surface area contributed by atoms with Crippen LogP contribution >= 0.6 is 67.8 Å². The number of carbonyl (C=O) groups is 2. The molecule has 2 amide bonds. The fourth-order valence-corrected chi connectivity index (χ4v) is 5.62. The molecule has 3 rings (SSSR count). The minimum Gasteiger partial charge on any atom is -0.506 e. The van der Waals surface area contributed by atoms with Crippen molar-refractivity contribution >= 4 is 85.5 Å². The average Bonchev–Trinajstić information content (AvgIpc) is 2.78. The fraction of sp³-hybridized carbons (Fsp3) is 0.167. The molecule has 0 heterocycles. The van der Waals surface area contributed by atoms with Crippen molar-refractivity contribution in [3.05, 3.63) is 88.1 Å². The van der Waals surface area contributed by atoms with Crippen LogP contribution in [0.25, 0.3) is 0 Å². The third-order valence-electron chi connectivity index (χ3n) is 4.78. The molecule has 6 nitrogen and oxygen atoms in total. The van der Waals surface area contributed by atoms with E-state index in [9.17, 15) is 14.7 Å². The van der Waals surface area contributed by atoms with E-state index in [4.69, 9.17) is 4.74 Å². The summed E-state index contributed by atoms with van der Waals surface area (Å²) in [5.74, 6) is -0.153. The van der Waals surface area contributed by atoms with Gasteiger partial charge in [-0.1, -0.05) is 30.3 Å². The van der Waals surface area contributed by atoms with Gasteiger partial charge in [0.25, 0.3) is 0 Å². The second kappa shape index (κ2) is 12.2. The molecule has 33 heavy (non-hydrogen) atoms. The van der Waals surface area contributed by atoms with Gasteiger partial charge in [0.05, 0.1) is 7.14 Å². The lowest BCUT2D eigenvalue weighted by Crippen LogP contribution is -2.45. The summed E-state index contributed by atoms with van der Waals surface area (Å²) in [6.07, 6.45) is -0.441. The van der Waals surface area contributed by atoms with Gasteiger partial charge in [-0.3, -0.25) is 4.79 Å². The Morgan fingerprint density at radius 1 is 0.970 bits per heavy atom. The zero-order valence-corrected chi connectivity index (χ0v) is 24.0. The van der Waals surface area contributed by atoms with Crippen molar-refractivity contribution in [1.82, 2.24) is 5.32 Å². The maximum atomic E-state index is 13.2. The van der Waals surface area contributed by atoms with Gasteiger partial charge >= 0.3 is 6.09 Å². The lowest BCUT2D eigenvalue weighted by Gasteiger charge is -2.20. The van der Waals surface area contributed by atoms with Crippen LogP contribution in [0.15, 0.2) is 60.7 Å². The molecular weight excluding hydrogens is 761 g/mol. The van der Waals surface area contributed by atoms with E-state index in [1.54, 1.807) is 12.1 Å². The summed E-state index contributed by atoms with van der Waals surface area (Å²) in [6, 6.07) is 17.8. The first-order valence-corrected chi connectivity index (χ1v) is 13.2. The number of amides is 2. The fourth-order valence-electron chi connectivity index (χ4n) is 3.08. The van der Waals surface area contributed by atoms with Gasteiger partial charge in [0.15, 0.2) is 0 Å². The molecule has 0 unspecified atom stereocenters. The van der Waals surface area contributed by atoms with Crippen molar-refractivity contribution in [3.8, 4) is 5.75 Å². The number of ether oxygens (including phenoxy) is 1. The second-order valence-electron chi connectivity index (χ2n) is 7.32. The summed E-state index contributed by atoms with van der Waals surface area (Å²) in [5, 5.41) is 15.7. The summed E-state index contributed by atoms with van der Waals surface area (Å²) >= 11 is 6.30. The Hall–Kier alpha value is -1.61. The number of phenols is 1. The number of hydrogen-bond acceptors (Lipinski definition) is 4. The normalized spacial score (nSPS) is 11.5. The number of hydrogen-bond donors (Lipinski definition) is 3. The number of alkyl carbamates (subject to hydrolysis) is 1. The van der Waals surface area contributed by atoms with Crippen LogP contribution in [0.4, 0.5) is 10.5 Å². The van der Waals surface area contributed by atoms with Crippen LogP contribution in [0.1, 0.15) is 16.7 Å². The molecule has 1 atom stereocenters. The van der Waals surface area contributed by atoms with E-state index in [1.807, 2.05) is 101 Å². The quantitative estimate of drug-likeness (QED) is 0.258. The first-order valence-electron chi connectivity index (χ1n) is 9.94. The summed E-state index contributed by atoms with van der Waals surface area (Å²) < 4.78 is 7.74. The first-order chi connectivity index (χ1) is 15.7. The molecule has 3 aromatic rings. The standard InChI is InChI=1S/C24H21I3N2O4/c1-14-9-17(25)7-8-20(14)28-23(31)21(12-16-10-18(26)22(30)19(27)11-16)29-24(32)33-13-15-5-3-2-4-6-15/h2-11,21,30H,12-13H2,1H3,(H,28,31)(H,29,32)/t21-/m1/s1. The molecule has 0 spiro atoms. The molecular formula is C24H21I3N2O4. The molecule has 0 fully saturated rings. The number of halogens is 3. The largest absolute Gasteiger partial charge is 0.506 e. The highest BCUT2D eigenvalue weighted by molar-refractivity contribution is 14.1. The second-order valence-corrected chi connectivity index (χ2v) is 10.9. The van der Waals surface area contributed by atoms with Crippen LogP contribution < -0.4 is 10.6 Å². The maximum Gasteiger partial charge on any atom is 0.408 e. The highest BCUT2D eigenvalue weighted by Crippen LogP contribution is 2.28. The molecule has 3 aromatic carbocycles. The van der Waals surface area contributed by atoms with E-state index in [1.165, 1.54) is 0 Å². The Morgan fingerprint density at radius 3 is 2.27 bits per heavy atom. The molecule has 0 aliphatic carbocycles. The maximum absolute atomic E-state index is 13.2. The van der Waals surface area contributed by atoms with Crippen molar-refractivity contribution in [2.45, 2.75) is 26.0 Å². The number of anilines is 1. The molecule has 172 valence electrons. The van der Waals surface area contributed by atoms with E-state index in [-0.39, 0.29) is 24.7 Å². The number of benzene rings is 3. The molecule has 0 saturated heterocycles. The van der Waals surface area contributed by atoms with Crippen LogP contribution in [0, 0.1) is 17.6 Å². The number of phenolic OH excluding ortho intramolecular Hbond substituents is 1. The molecule has 0 aromatic heterocycles. The van der Waals surface area contributed by atoms with Gasteiger partial charge in [0, 0.05) is 15.7 Å². The van der Waals surface area contributed by atoms with E-state index in [2.05, 4.69) is 33.2 Å². The smallest absolute Gasteiger partial charge is 0.408 e. The first kappa shape index (κ1) is 26.0. The lowest BCUT2D eigenvalue weighted by atomic mass is 10.0. The lowest BCUT2D eigenvalue weighted by molar-refractivity contribution is -0.118. The monoisotopic (exact) mass is 782 g/mol. The SMILES string of the molecule is Cc1cc(I)ccc1NC(=O)[C@@H](Cc1cc(I)c(O)c(I)c1)NC(=O)OCc1ccccc1. The van der Waals surface area contributed by atoms with Crippen molar-refractivity contribution in [3.63, 3.8) is 0 Å². The van der Waals surface area contributed by atoms with Crippen molar-refractivity contribution in [1.29, 1.82) is 0 Å². The number of aryl methyl sites for hydroxylation is 1. The van der Waals surface area contributed by atoms with Crippen LogP contribution in [-0.2, 0) is 22.6 Å². The predicted octanol–water partition coefficient (Wildman–Crippen LogP) is 5.99. The minimum absolute atomic E-state index is 0.103. The van der Waals surface area contributed by atoms with Crippen molar-refractivity contribution in [2.75, 3.05) is 5.32 Å². The van der Waals surface area contributed by atoms with Gasteiger partial charge in [0.1, 0.15) is 18.4 Å². The summed E-state index contributed by atoms with van der Waals surface area (Å²) in [7, 11) is 0. The zero-order valence-electron chi connectivity index (χ0n) is 17.6. The van der Waals surface area contributed by atoms with Crippen LogP contribution in [0.5, 0.6) is 5.75 Å². The summed E-state index contributed by atoms with van der Waals surface area (Å²) in [5.41, 5.74) is 3.27. The molecule has 0 radical (unpaired) electrons. The van der Waals surface area contributed by atoms with Gasteiger partial charge in [-0.2, -0.15) is 0 Å². The van der Waals surface area contributed by atoms with Crippen LogP contribution in [-0.4, -0.2) is 23.1 Å². The van der Waals surface area contributed by atoms with Crippen LogP contribution in [0.2, 0.25) is 0 Å². The van der Waals surface area contributed by atoms with E-state index in [0.29, 0.717) is 12.8 Å². The Bertz CT molecular complexity index is 1130. The van der Waals surface area contributed by atoms with Gasteiger partial charge in [0.2, 0.25) is 5.91 Å².